The average Bonchev–Trinajstić information content (AvgIpc) is 2.48. The van der Waals surface area contributed by atoms with E-state index in [9.17, 15) is 18.4 Å². The molecular formula is C19H30BrF2NO4. The molecule has 0 bridgehead atoms. The lowest BCUT2D eigenvalue weighted by atomic mass is 10.1. The Bertz CT molecular complexity index is 562. The fraction of sp³-hybridized carbons (Fsp3) is 0.789. The molecule has 0 saturated carbocycles. The number of hydrogen-bond acceptors (Lipinski definition) is 4. The summed E-state index contributed by atoms with van der Waals surface area (Å²) in [4.78, 5) is 25.1. The predicted molar refractivity (Wildman–Crippen MR) is 104 cm³/mol. The molecule has 0 unspecified atom stereocenters. The van der Waals surface area contributed by atoms with Crippen molar-refractivity contribution in [1.29, 1.82) is 0 Å². The van der Waals surface area contributed by atoms with Gasteiger partial charge in [-0.15, -0.1) is 0 Å². The van der Waals surface area contributed by atoms with E-state index >= 15 is 0 Å². The first-order valence-corrected chi connectivity index (χ1v) is 9.98. The van der Waals surface area contributed by atoms with Gasteiger partial charge in [0.05, 0.1) is 11.9 Å². The van der Waals surface area contributed by atoms with Gasteiger partial charge in [0.2, 0.25) is 0 Å². The Labute approximate surface area is 169 Å². The van der Waals surface area contributed by atoms with Crippen molar-refractivity contribution in [2.45, 2.75) is 84.4 Å². The number of unbranched alkanes of at least 4 members (excludes halogenated alkanes) is 1. The third-order valence-corrected chi connectivity index (χ3v) is 3.47. The fourth-order valence-electron chi connectivity index (χ4n) is 1.92. The molecule has 0 saturated heterocycles. The van der Waals surface area contributed by atoms with Crippen LogP contribution in [0.5, 0.6) is 0 Å². The highest BCUT2D eigenvalue weighted by Crippen LogP contribution is 2.25. The summed E-state index contributed by atoms with van der Waals surface area (Å²) >= 11 is 3.16. The molecule has 156 valence electrons. The normalized spacial score (nSPS) is 12.0. The van der Waals surface area contributed by atoms with E-state index in [-0.39, 0.29) is 12.8 Å². The molecule has 0 aliphatic rings. The van der Waals surface area contributed by atoms with E-state index in [2.05, 4.69) is 27.8 Å². The monoisotopic (exact) mass is 453 g/mol. The zero-order valence-electron chi connectivity index (χ0n) is 17.0. The number of halogens is 3. The van der Waals surface area contributed by atoms with E-state index < -0.39 is 42.3 Å². The van der Waals surface area contributed by atoms with Crippen molar-refractivity contribution in [1.82, 2.24) is 4.90 Å². The van der Waals surface area contributed by atoms with Crippen LogP contribution in [0.15, 0.2) is 0 Å². The molecule has 0 N–H and O–H groups in total. The molecule has 2 amide bonds. The molecule has 0 fully saturated rings. The van der Waals surface area contributed by atoms with Gasteiger partial charge < -0.3 is 9.47 Å². The molecule has 0 heterocycles. The van der Waals surface area contributed by atoms with E-state index in [1.807, 2.05) is 0 Å². The van der Waals surface area contributed by atoms with Gasteiger partial charge in [0.25, 0.3) is 5.92 Å². The summed E-state index contributed by atoms with van der Waals surface area (Å²) < 4.78 is 38.8. The van der Waals surface area contributed by atoms with Crippen molar-refractivity contribution in [2.75, 3.05) is 11.9 Å². The third kappa shape index (κ3) is 11.9. The number of carbonyl (C=O) groups is 2. The third-order valence-electron chi connectivity index (χ3n) is 3.19. The molecule has 0 radical (unpaired) electrons. The zero-order valence-corrected chi connectivity index (χ0v) is 18.5. The maximum atomic E-state index is 14.2. The first-order valence-electron chi connectivity index (χ1n) is 8.86. The molecule has 0 aromatic heterocycles. The van der Waals surface area contributed by atoms with Crippen LogP contribution in [0, 0.1) is 11.8 Å². The lowest BCUT2D eigenvalue weighted by Crippen LogP contribution is -2.48. The van der Waals surface area contributed by atoms with E-state index in [1.54, 1.807) is 41.5 Å². The number of nitrogens with zero attached hydrogens (tertiary/aromatic N) is 1. The second kappa shape index (κ2) is 10.8. The van der Waals surface area contributed by atoms with Gasteiger partial charge in [0, 0.05) is 12.8 Å². The van der Waals surface area contributed by atoms with Crippen molar-refractivity contribution in [2.24, 2.45) is 0 Å². The van der Waals surface area contributed by atoms with Crippen LogP contribution >= 0.6 is 15.9 Å². The summed E-state index contributed by atoms with van der Waals surface area (Å²) in [5.74, 6) is 2.35. The van der Waals surface area contributed by atoms with Gasteiger partial charge in [0.15, 0.2) is 0 Å². The van der Waals surface area contributed by atoms with Crippen LogP contribution in [0.4, 0.5) is 18.4 Å². The summed E-state index contributed by atoms with van der Waals surface area (Å²) in [5.41, 5.74) is -1.99. The van der Waals surface area contributed by atoms with Crippen LogP contribution in [0.3, 0.4) is 0 Å². The fourth-order valence-corrected chi connectivity index (χ4v) is 2.11. The van der Waals surface area contributed by atoms with Crippen LogP contribution in [0.2, 0.25) is 0 Å². The standard InChI is InChI=1S/C19H30BrF2NO4/c1-7-8-12-19(21,22)14-23(15(24)26-17(2,3)4)16(25)27-18(5,6)11-9-10-13-20/h7-8,11-14H2,1-6H3. The molecular weight excluding hydrogens is 424 g/mol. The Hall–Kier alpha value is -1.36. The van der Waals surface area contributed by atoms with Crippen LogP contribution < -0.4 is 0 Å². The van der Waals surface area contributed by atoms with Crippen LogP contribution in [-0.4, -0.2) is 46.1 Å². The molecule has 5 nitrogen and oxygen atoms in total. The minimum atomic E-state index is -3.23. The quantitative estimate of drug-likeness (QED) is 0.363. The van der Waals surface area contributed by atoms with Gasteiger partial charge >= 0.3 is 12.2 Å². The number of alkyl halides is 3. The number of carbonyl (C=O) groups excluding carboxylic acids is 2. The largest absolute Gasteiger partial charge is 0.443 e. The summed E-state index contributed by atoms with van der Waals surface area (Å²) in [6.45, 7) is 8.64. The van der Waals surface area contributed by atoms with Gasteiger partial charge in [-0.25, -0.2) is 23.3 Å². The number of amides is 2. The van der Waals surface area contributed by atoms with E-state index in [0.29, 0.717) is 16.7 Å². The van der Waals surface area contributed by atoms with Crippen molar-refractivity contribution < 1.29 is 27.8 Å². The predicted octanol–water partition coefficient (Wildman–Crippen LogP) is 5.75. The van der Waals surface area contributed by atoms with Gasteiger partial charge in [-0.2, -0.15) is 0 Å². The lowest BCUT2D eigenvalue weighted by Gasteiger charge is -2.31. The minimum absolute atomic E-state index is 0.193. The molecule has 0 aliphatic heterocycles. The van der Waals surface area contributed by atoms with Crippen LogP contribution in [0.1, 0.15) is 67.2 Å². The highest BCUT2D eigenvalue weighted by atomic mass is 79.9. The maximum absolute atomic E-state index is 14.2. The Kier molecular flexibility index (Phi) is 10.3. The molecule has 0 spiro atoms. The van der Waals surface area contributed by atoms with Crippen LogP contribution in [0.25, 0.3) is 0 Å². The molecule has 8 heteroatoms. The Morgan fingerprint density at radius 3 is 2.07 bits per heavy atom. The molecule has 27 heavy (non-hydrogen) atoms. The molecule has 0 aliphatic carbocycles. The van der Waals surface area contributed by atoms with E-state index in [0.717, 1.165) is 0 Å². The minimum Gasteiger partial charge on any atom is -0.443 e. The van der Waals surface area contributed by atoms with E-state index in [4.69, 9.17) is 9.47 Å². The second-order valence-corrected chi connectivity index (χ2v) is 8.38. The SMILES string of the molecule is CCCCC(F)(F)CN(C(=O)OC(C)(C)C)C(=O)OC(C)(C)CC#CCBr. The van der Waals surface area contributed by atoms with Gasteiger partial charge in [-0.1, -0.05) is 41.1 Å². The van der Waals surface area contributed by atoms with Crippen molar-refractivity contribution in [3.8, 4) is 11.8 Å². The number of imide groups is 1. The summed E-state index contributed by atoms with van der Waals surface area (Å²) in [7, 11) is 0. The van der Waals surface area contributed by atoms with Crippen molar-refractivity contribution in [3.63, 3.8) is 0 Å². The number of rotatable bonds is 7. The Morgan fingerprint density at radius 2 is 1.59 bits per heavy atom. The molecule has 0 aromatic carbocycles. The topological polar surface area (TPSA) is 55.8 Å². The molecule has 0 atom stereocenters. The number of ether oxygens (including phenoxy) is 2. The van der Waals surface area contributed by atoms with Crippen molar-refractivity contribution >= 4 is 28.1 Å². The smallest absolute Gasteiger partial charge is 0.420 e. The highest BCUT2D eigenvalue weighted by molar-refractivity contribution is 9.09. The molecule has 0 aromatic rings. The number of hydrogen-bond donors (Lipinski definition) is 0. The summed E-state index contributed by atoms with van der Waals surface area (Å²) in [5, 5.41) is 0.463. The van der Waals surface area contributed by atoms with Crippen LogP contribution in [-0.2, 0) is 9.47 Å². The Morgan fingerprint density at radius 1 is 1.04 bits per heavy atom. The average molecular weight is 454 g/mol. The van der Waals surface area contributed by atoms with E-state index in [1.165, 1.54) is 0 Å². The van der Waals surface area contributed by atoms with Gasteiger partial charge in [-0.05, 0) is 41.0 Å². The first-order chi connectivity index (χ1) is 12.2. The van der Waals surface area contributed by atoms with Gasteiger partial charge in [0.1, 0.15) is 11.2 Å². The Balaban J connectivity index is 5.38. The summed E-state index contributed by atoms with van der Waals surface area (Å²) in [6, 6.07) is 0. The first kappa shape index (κ1) is 25.6. The molecule has 0 rings (SSSR count). The lowest BCUT2D eigenvalue weighted by molar-refractivity contribution is -0.0558. The maximum Gasteiger partial charge on any atom is 0.420 e. The summed E-state index contributed by atoms with van der Waals surface area (Å²) in [6.07, 6.45) is -1.73. The highest BCUT2D eigenvalue weighted by Gasteiger charge is 2.40. The van der Waals surface area contributed by atoms with Gasteiger partial charge in [-0.3, -0.25) is 0 Å². The zero-order chi connectivity index (χ0) is 21.3. The van der Waals surface area contributed by atoms with Crippen molar-refractivity contribution in [3.05, 3.63) is 0 Å². The second-order valence-electron chi connectivity index (χ2n) is 7.82.